The molecule has 8 aromatic carbocycles. The van der Waals surface area contributed by atoms with E-state index in [1.807, 2.05) is 146 Å². The van der Waals surface area contributed by atoms with Gasteiger partial charge in [0.25, 0.3) is 0 Å². The molecule has 8 aromatic rings. The molecule has 0 amide bonds. The molecule has 0 fully saturated rings. The van der Waals surface area contributed by atoms with Gasteiger partial charge in [-0.3, -0.25) is 9.49 Å². The van der Waals surface area contributed by atoms with Gasteiger partial charge in [-0.2, -0.15) is 0 Å². The van der Waals surface area contributed by atoms with Gasteiger partial charge in [0.15, 0.2) is 0 Å². The summed E-state index contributed by atoms with van der Waals surface area (Å²) in [4.78, 5) is 0. The summed E-state index contributed by atoms with van der Waals surface area (Å²) in [6.45, 7) is 6.91. The third-order valence-corrected chi connectivity index (χ3v) is 17.1. The SMILES string of the molecule is COCCOC.COCCOC.COCCOC.COCCOC.COCCOC.[Cl-].[Cl-].[Cl-].[Cr+2].[Cr+2].[Li+].c1ccc(N=P([N-]c2ccccc2)(c2ccccc2)c2ccccc2)cc1.c1ccc(N=P([N-]c2ccccc2)(c2ccccc2)c2ccccc2)cc1. The Morgan fingerprint density at radius 2 is 0.389 bits per heavy atom. The van der Waals surface area contributed by atoms with Gasteiger partial charge in [0.05, 0.1) is 77.4 Å². The van der Waals surface area contributed by atoms with E-state index in [2.05, 4.69) is 144 Å². The smallest absolute Gasteiger partial charge is 1.00 e. The summed E-state index contributed by atoms with van der Waals surface area (Å²) in [5, 5.41) is 15.1. The van der Waals surface area contributed by atoms with E-state index in [1.165, 1.54) is 0 Å². The molecule has 0 bridgehead atoms. The van der Waals surface area contributed by atoms with E-state index >= 15 is 0 Å². The largest absolute Gasteiger partial charge is 2.00 e. The van der Waals surface area contributed by atoms with E-state index in [-0.39, 0.29) is 90.8 Å². The maximum atomic E-state index is 5.27. The molecule has 0 unspecified atom stereocenters. The summed E-state index contributed by atoms with van der Waals surface area (Å²) in [5.41, 5.74) is 3.77. The first-order valence-electron chi connectivity index (χ1n) is 27.3. The second-order valence-electron chi connectivity index (χ2n) is 17.2. The fourth-order valence-corrected chi connectivity index (χ4v) is 12.7. The molecule has 0 N–H and O–H groups in total. The van der Waals surface area contributed by atoms with Gasteiger partial charge in [0.1, 0.15) is 0 Å². The number of ether oxygens (including phenoxy) is 10. The van der Waals surface area contributed by atoms with Crippen LogP contribution in [-0.4, -0.2) is 137 Å². The predicted molar refractivity (Wildman–Crippen MR) is 353 cm³/mol. The van der Waals surface area contributed by atoms with Crippen LogP contribution in [0.3, 0.4) is 0 Å². The van der Waals surface area contributed by atoms with E-state index in [9.17, 15) is 0 Å². The molecule has 0 aliphatic heterocycles. The van der Waals surface area contributed by atoms with Crippen molar-refractivity contribution in [3.63, 3.8) is 0 Å². The summed E-state index contributed by atoms with van der Waals surface area (Å²) >= 11 is 0. The summed E-state index contributed by atoms with van der Waals surface area (Å²) in [7, 11) is 11.7. The number of rotatable bonds is 25. The number of hydrogen-bond donors (Lipinski definition) is 0. The van der Waals surface area contributed by atoms with E-state index in [0.29, 0.717) is 66.1 Å². The zero-order valence-corrected chi connectivity index (χ0v) is 60.5. The third-order valence-electron chi connectivity index (χ3n) is 11.0. The van der Waals surface area contributed by atoms with Crippen LogP contribution in [0.1, 0.15) is 0 Å². The van der Waals surface area contributed by atoms with E-state index < -0.39 is 14.4 Å². The summed E-state index contributed by atoms with van der Waals surface area (Å²) in [5.74, 6) is 0. The zero-order chi connectivity index (χ0) is 60.9. The second kappa shape index (κ2) is 65.0. The number of methoxy groups -OCH3 is 10. The van der Waals surface area contributed by atoms with Gasteiger partial charge in [0, 0.05) is 71.1 Å². The molecular weight excluding hydrogens is 1310 g/mol. The minimum absolute atomic E-state index is 0. The molecule has 0 heterocycles. The molecule has 0 aromatic heterocycles. The van der Waals surface area contributed by atoms with Gasteiger partial charge in [-0.15, -0.1) is 11.4 Å². The Labute approximate surface area is 591 Å². The molecule has 22 heteroatoms. The monoisotopic (exact) mass is 1400 g/mol. The molecule has 0 atom stereocenters. The van der Waals surface area contributed by atoms with Gasteiger partial charge in [-0.25, -0.2) is 0 Å². The molecule has 0 radical (unpaired) electrons. The minimum atomic E-state index is -2.39. The van der Waals surface area contributed by atoms with Crippen LogP contribution in [-0.2, 0) is 82.1 Å². The van der Waals surface area contributed by atoms with Crippen molar-refractivity contribution in [3.8, 4) is 0 Å². The van der Waals surface area contributed by atoms with Crippen LogP contribution in [0.5, 0.6) is 0 Å². The van der Waals surface area contributed by atoms with Crippen molar-refractivity contribution in [2.24, 2.45) is 9.49 Å². The van der Waals surface area contributed by atoms with Crippen LogP contribution >= 0.6 is 14.4 Å². The van der Waals surface area contributed by atoms with Gasteiger partial charge in [0.2, 0.25) is 0 Å². The molecule has 8 rings (SSSR count). The van der Waals surface area contributed by atoms with Crippen LogP contribution in [0, 0.1) is 0 Å². The van der Waals surface area contributed by atoms with Gasteiger partial charge < -0.3 is 94.8 Å². The maximum Gasteiger partial charge on any atom is 2.00 e. The Balaban J connectivity index is -0.000000354. The van der Waals surface area contributed by atoms with Crippen molar-refractivity contribution in [1.29, 1.82) is 0 Å². The van der Waals surface area contributed by atoms with Crippen molar-refractivity contribution >= 4 is 58.4 Å². The molecule has 0 saturated carbocycles. The Morgan fingerprint density at radius 3 is 0.544 bits per heavy atom. The molecule has 0 saturated heterocycles. The van der Waals surface area contributed by atoms with Crippen molar-refractivity contribution in [3.05, 3.63) is 253 Å². The van der Waals surface area contributed by atoms with Crippen LogP contribution < -0.4 is 77.3 Å². The standard InChI is InChI=1S/2C24H20N2P.5C4H10O2.3ClH.2Cr.Li/c2*1-5-13-21(14-6-1)25-27(23-17-9-3-10-18-23,24-19-11-4-12-20-24)26-22-15-7-2-8-16-22;5*1-5-3-4-6-2;;;;;;/h2*1-20H;5*3-4H2,1-2H3;3*1H;;;/q2*-1;;;;;;;;;2*+2;+1/p-3. The van der Waals surface area contributed by atoms with Gasteiger partial charge >= 0.3 is 53.6 Å². The quantitative estimate of drug-likeness (QED) is 0.0476. The first kappa shape index (κ1) is 94.7. The summed E-state index contributed by atoms with van der Waals surface area (Å²) < 4.78 is 57.1. The summed E-state index contributed by atoms with van der Waals surface area (Å²) in [6, 6.07) is 82.3. The van der Waals surface area contributed by atoms with Crippen molar-refractivity contribution in [2.45, 2.75) is 0 Å². The predicted octanol–water partition coefficient (Wildman–Crippen LogP) is 2.99. The minimum Gasteiger partial charge on any atom is -1.00 e. The second-order valence-corrected chi connectivity index (χ2v) is 22.5. The molecule has 0 aliphatic carbocycles. The first-order valence-corrected chi connectivity index (χ1v) is 30.7. The number of nitrogens with zero attached hydrogens (tertiary/aromatic N) is 4. The molecule has 14 nitrogen and oxygen atoms in total. The zero-order valence-electron chi connectivity index (χ0n) is 53.9. The molecular formula is C68H90Cl3Cr2LiN4O10P2. The Bertz CT molecular complexity index is 2530. The first-order chi connectivity index (χ1) is 41.3. The van der Waals surface area contributed by atoms with Gasteiger partial charge in [-0.05, 0) is 59.9 Å². The fraction of sp³-hybridized carbons (Fsp3) is 0.294. The van der Waals surface area contributed by atoms with E-state index in [4.69, 9.17) is 19.7 Å². The van der Waals surface area contributed by atoms with Crippen molar-refractivity contribution in [1.82, 2.24) is 0 Å². The van der Waals surface area contributed by atoms with Crippen molar-refractivity contribution < 1.29 is 138 Å². The summed E-state index contributed by atoms with van der Waals surface area (Å²) in [6.07, 6.45) is 0. The Kier molecular flexibility index (Phi) is 68.4. The third kappa shape index (κ3) is 40.8. The normalized spacial score (nSPS) is 9.58. The molecule has 90 heavy (non-hydrogen) atoms. The van der Waals surface area contributed by atoms with Crippen molar-refractivity contribution in [2.75, 3.05) is 137 Å². The van der Waals surface area contributed by atoms with Crippen LogP contribution in [0.25, 0.3) is 10.2 Å². The maximum absolute atomic E-state index is 5.27. The molecule has 0 aliphatic rings. The van der Waals surface area contributed by atoms with Crippen LogP contribution in [0.4, 0.5) is 22.7 Å². The van der Waals surface area contributed by atoms with E-state index in [0.717, 1.165) is 44.0 Å². The Hall–Kier alpha value is -4.05. The van der Waals surface area contributed by atoms with Gasteiger partial charge in [-0.1, -0.05) is 218 Å². The number of benzene rings is 8. The van der Waals surface area contributed by atoms with E-state index in [1.54, 1.807) is 71.1 Å². The topological polar surface area (TPSA) is 145 Å². The van der Waals surface area contributed by atoms with Crippen LogP contribution in [0.15, 0.2) is 252 Å². The molecule has 486 valence electrons. The fourth-order valence-electron chi connectivity index (χ4n) is 6.83. The Morgan fingerprint density at radius 1 is 0.244 bits per heavy atom. The molecule has 0 spiro atoms. The van der Waals surface area contributed by atoms with Crippen LogP contribution in [0.2, 0.25) is 0 Å². The number of hydrogen-bond acceptors (Lipinski definition) is 12. The number of halogens is 3. The average molecular weight is 1400 g/mol. The average Bonchev–Trinajstić information content (AvgIpc) is 1.93.